The van der Waals surface area contributed by atoms with Gasteiger partial charge in [-0.2, -0.15) is 0 Å². The van der Waals surface area contributed by atoms with E-state index in [1.807, 2.05) is 22.6 Å². The van der Waals surface area contributed by atoms with Gasteiger partial charge in [-0.05, 0) is 41.3 Å². The molecule has 2 heterocycles. The Balaban J connectivity index is 2.18. The molecule has 19 heavy (non-hydrogen) atoms. The zero-order valence-corrected chi connectivity index (χ0v) is 12.5. The first-order valence-corrected chi connectivity index (χ1v) is 6.93. The molecule has 8 nitrogen and oxygen atoms in total. The Bertz CT molecular complexity index is 656. The number of hydrogen-bond acceptors (Lipinski definition) is 8. The van der Waals surface area contributed by atoms with E-state index in [0.29, 0.717) is 8.60 Å². The number of nitrogens with one attached hydrogen (secondary N) is 1. The molecule has 1 N–H and O–H groups in total. The lowest BCUT2D eigenvalue weighted by Gasteiger charge is -1.97. The lowest BCUT2D eigenvalue weighted by molar-refractivity contribution is 0.0475. The van der Waals surface area contributed by atoms with E-state index in [0.717, 1.165) is 11.8 Å². The molecule has 2 aromatic heterocycles. The van der Waals surface area contributed by atoms with E-state index in [-0.39, 0.29) is 23.3 Å². The molecule has 0 aliphatic heterocycles. The van der Waals surface area contributed by atoms with E-state index in [4.69, 9.17) is 9.15 Å². The number of ether oxygens (including phenoxy) is 1. The second kappa shape index (κ2) is 6.14. The van der Waals surface area contributed by atoms with Crippen LogP contribution in [0.1, 0.15) is 17.6 Å². The number of aromatic nitrogens is 4. The molecule has 0 aromatic carbocycles. The predicted molar refractivity (Wildman–Crippen MR) is 72.0 cm³/mol. The minimum absolute atomic E-state index is 0.110. The van der Waals surface area contributed by atoms with E-state index < -0.39 is 5.97 Å². The molecule has 0 radical (unpaired) electrons. The van der Waals surface area contributed by atoms with Crippen molar-refractivity contribution in [2.24, 2.45) is 0 Å². The van der Waals surface area contributed by atoms with Crippen molar-refractivity contribution >= 4 is 40.3 Å². The third kappa shape index (κ3) is 3.32. The Morgan fingerprint density at radius 3 is 3.11 bits per heavy atom. The Labute approximate surface area is 124 Å². The van der Waals surface area contributed by atoms with Crippen LogP contribution in [-0.4, -0.2) is 32.7 Å². The van der Waals surface area contributed by atoms with Crippen molar-refractivity contribution in [2.75, 3.05) is 6.61 Å². The summed E-state index contributed by atoms with van der Waals surface area (Å²) in [4.78, 5) is 29.1. The van der Waals surface area contributed by atoms with E-state index in [1.54, 1.807) is 6.92 Å². The monoisotopic (exact) mass is 394 g/mol. The van der Waals surface area contributed by atoms with E-state index >= 15 is 0 Å². The molecule has 0 aliphatic rings. The molecule has 0 atom stereocenters. The molecule has 0 bridgehead atoms. The third-order valence-electron chi connectivity index (χ3n) is 1.81. The lowest BCUT2D eigenvalue weighted by atomic mass is 10.7. The fraction of sp³-hybridized carbons (Fsp3) is 0.222. The van der Waals surface area contributed by atoms with Gasteiger partial charge in [-0.25, -0.2) is 9.78 Å². The van der Waals surface area contributed by atoms with Gasteiger partial charge in [0.2, 0.25) is 0 Å². The summed E-state index contributed by atoms with van der Waals surface area (Å²) >= 11 is 2.85. The average Bonchev–Trinajstić information content (AvgIpc) is 2.84. The Kier molecular flexibility index (Phi) is 4.52. The first kappa shape index (κ1) is 14.0. The molecule has 0 unspecified atom stereocenters. The predicted octanol–water partition coefficient (Wildman–Crippen LogP) is 1.09. The van der Waals surface area contributed by atoms with Gasteiger partial charge < -0.3 is 14.1 Å². The highest BCUT2D eigenvalue weighted by Gasteiger charge is 2.18. The van der Waals surface area contributed by atoms with Crippen LogP contribution in [0.3, 0.4) is 0 Å². The highest BCUT2D eigenvalue weighted by atomic mass is 127. The summed E-state index contributed by atoms with van der Waals surface area (Å²) in [6, 6.07) is 0. The van der Waals surface area contributed by atoms with Crippen LogP contribution in [0, 0.1) is 3.57 Å². The van der Waals surface area contributed by atoms with Crippen LogP contribution in [0.2, 0.25) is 0 Å². The molecule has 10 heteroatoms. The van der Waals surface area contributed by atoms with Gasteiger partial charge in [-0.15, -0.1) is 5.10 Å². The second-order valence-electron chi connectivity index (χ2n) is 3.05. The molecule has 100 valence electrons. The quantitative estimate of drug-likeness (QED) is 0.466. The smallest absolute Gasteiger partial charge is 0.396 e. The van der Waals surface area contributed by atoms with Gasteiger partial charge in [0, 0.05) is 0 Å². The molecule has 2 aromatic rings. The van der Waals surface area contributed by atoms with Crippen LogP contribution in [0.15, 0.2) is 25.8 Å². The van der Waals surface area contributed by atoms with Crippen molar-refractivity contribution in [3.05, 3.63) is 26.1 Å². The summed E-state index contributed by atoms with van der Waals surface area (Å²) in [7, 11) is 0. The number of hydrogen-bond donors (Lipinski definition) is 1. The third-order valence-corrected chi connectivity index (χ3v) is 4.01. The van der Waals surface area contributed by atoms with Crippen LogP contribution in [0.5, 0.6) is 0 Å². The average molecular weight is 394 g/mol. The van der Waals surface area contributed by atoms with Crippen LogP contribution in [-0.2, 0) is 4.74 Å². The standard InChI is InChI=1S/C9H7IN4O4S/c1-2-17-8(16)6-13-14-9(18-6)19-7-4(10)5(15)11-3-12-7/h3H,2H2,1H3,(H,11,12,15). The normalized spacial score (nSPS) is 10.4. The van der Waals surface area contributed by atoms with Crippen LogP contribution in [0.4, 0.5) is 0 Å². The molecular weight excluding hydrogens is 387 g/mol. The molecule has 0 amide bonds. The zero-order chi connectivity index (χ0) is 13.8. The van der Waals surface area contributed by atoms with Crippen molar-refractivity contribution in [3.63, 3.8) is 0 Å². The maximum Gasteiger partial charge on any atom is 0.396 e. The summed E-state index contributed by atoms with van der Waals surface area (Å²) < 4.78 is 10.2. The SMILES string of the molecule is CCOC(=O)c1nnc(Sc2nc[nH]c(=O)c2I)o1. The molecule has 2 rings (SSSR count). The zero-order valence-electron chi connectivity index (χ0n) is 9.55. The minimum atomic E-state index is -0.685. The van der Waals surface area contributed by atoms with Crippen LogP contribution < -0.4 is 5.56 Å². The second-order valence-corrected chi connectivity index (χ2v) is 5.07. The Morgan fingerprint density at radius 2 is 2.37 bits per heavy atom. The number of carbonyl (C=O) groups is 1. The Hall–Kier alpha value is -1.43. The molecule has 0 saturated heterocycles. The number of halogens is 1. The maximum atomic E-state index is 11.4. The van der Waals surface area contributed by atoms with Gasteiger partial charge in [0.25, 0.3) is 10.8 Å². The topological polar surface area (TPSA) is 111 Å². The number of carbonyl (C=O) groups excluding carboxylic acids is 1. The summed E-state index contributed by atoms with van der Waals surface area (Å²) in [6.45, 7) is 1.89. The van der Waals surface area contributed by atoms with Crippen LogP contribution >= 0.6 is 34.4 Å². The van der Waals surface area contributed by atoms with Crippen LogP contribution in [0.25, 0.3) is 0 Å². The van der Waals surface area contributed by atoms with E-state index in [2.05, 4.69) is 20.2 Å². The largest absolute Gasteiger partial charge is 0.459 e. The fourth-order valence-corrected chi connectivity index (χ4v) is 2.33. The van der Waals surface area contributed by atoms with Crippen molar-refractivity contribution in [2.45, 2.75) is 17.2 Å². The van der Waals surface area contributed by atoms with Gasteiger partial charge in [-0.1, -0.05) is 5.10 Å². The maximum absolute atomic E-state index is 11.4. The number of rotatable bonds is 4. The summed E-state index contributed by atoms with van der Waals surface area (Å²) in [6.07, 6.45) is 1.27. The van der Waals surface area contributed by atoms with Crippen molar-refractivity contribution in [1.29, 1.82) is 0 Å². The summed E-state index contributed by atoms with van der Waals surface area (Å²) in [5, 5.41) is 7.76. The molecule has 0 saturated carbocycles. The fourth-order valence-electron chi connectivity index (χ4n) is 1.05. The first-order chi connectivity index (χ1) is 9.11. The first-order valence-electron chi connectivity index (χ1n) is 5.03. The van der Waals surface area contributed by atoms with Gasteiger partial charge in [0.1, 0.15) is 8.60 Å². The van der Waals surface area contributed by atoms with Gasteiger partial charge in [0.05, 0.1) is 12.9 Å². The molecule has 0 aliphatic carbocycles. The summed E-state index contributed by atoms with van der Waals surface area (Å²) in [5.74, 6) is -0.917. The van der Waals surface area contributed by atoms with Gasteiger partial charge in [0.15, 0.2) is 0 Å². The summed E-state index contributed by atoms with van der Waals surface area (Å²) in [5.41, 5.74) is -0.261. The molecule has 0 spiro atoms. The highest BCUT2D eigenvalue weighted by Crippen LogP contribution is 2.26. The van der Waals surface area contributed by atoms with E-state index in [1.165, 1.54) is 6.33 Å². The van der Waals surface area contributed by atoms with Gasteiger partial charge >= 0.3 is 11.9 Å². The van der Waals surface area contributed by atoms with Crippen molar-refractivity contribution in [3.8, 4) is 0 Å². The number of nitrogens with zero attached hydrogens (tertiary/aromatic N) is 3. The Morgan fingerprint density at radius 1 is 1.58 bits per heavy atom. The lowest BCUT2D eigenvalue weighted by Crippen LogP contribution is -2.10. The van der Waals surface area contributed by atoms with E-state index in [9.17, 15) is 9.59 Å². The highest BCUT2D eigenvalue weighted by molar-refractivity contribution is 14.1. The molecular formula is C9H7IN4O4S. The van der Waals surface area contributed by atoms with Gasteiger partial charge in [-0.3, -0.25) is 4.79 Å². The molecule has 0 fully saturated rings. The number of H-pyrrole nitrogens is 1. The minimum Gasteiger partial charge on any atom is -0.459 e. The number of esters is 1. The van der Waals surface area contributed by atoms with Crippen molar-refractivity contribution < 1.29 is 13.9 Å². The van der Waals surface area contributed by atoms with Crippen molar-refractivity contribution in [1.82, 2.24) is 20.2 Å². The number of aromatic amines is 1.